The Labute approximate surface area is 172 Å². The third kappa shape index (κ3) is 4.30. The number of nitrogens with zero attached hydrogens (tertiary/aromatic N) is 2. The van der Waals surface area contributed by atoms with Gasteiger partial charge >= 0.3 is 0 Å². The summed E-state index contributed by atoms with van der Waals surface area (Å²) >= 11 is 1.78. The molecule has 3 unspecified atom stereocenters. The van der Waals surface area contributed by atoms with Crippen LogP contribution in [-0.2, 0) is 11.2 Å². The third-order valence-electron chi connectivity index (χ3n) is 5.35. The van der Waals surface area contributed by atoms with E-state index in [1.165, 1.54) is 4.88 Å². The number of aliphatic imine (C=N–C) groups is 1. The quantitative estimate of drug-likeness (QED) is 0.388. The van der Waals surface area contributed by atoms with Crippen molar-refractivity contribution >= 4 is 41.3 Å². The van der Waals surface area contributed by atoms with Crippen LogP contribution in [0.5, 0.6) is 0 Å². The van der Waals surface area contributed by atoms with E-state index in [9.17, 15) is 0 Å². The minimum absolute atomic E-state index is 0. The van der Waals surface area contributed by atoms with E-state index in [4.69, 9.17) is 9.73 Å². The number of nitrogens with one attached hydrogen (secondary N) is 2. The molecule has 25 heavy (non-hydrogen) atoms. The van der Waals surface area contributed by atoms with Crippen LogP contribution in [0.15, 0.2) is 4.99 Å². The van der Waals surface area contributed by atoms with E-state index in [-0.39, 0.29) is 29.4 Å². The molecule has 1 aromatic heterocycles. The molecule has 2 N–H and O–H groups in total. The number of aromatic nitrogens is 1. The zero-order valence-corrected chi connectivity index (χ0v) is 19.0. The minimum Gasteiger partial charge on any atom is -0.377 e. The Morgan fingerprint density at radius 3 is 2.80 bits per heavy atom. The van der Waals surface area contributed by atoms with Crippen LogP contribution in [0.1, 0.15) is 42.8 Å². The first-order valence-electron chi connectivity index (χ1n) is 9.02. The van der Waals surface area contributed by atoms with Crippen LogP contribution in [0.2, 0.25) is 0 Å². The lowest BCUT2D eigenvalue weighted by Gasteiger charge is -2.54. The van der Waals surface area contributed by atoms with Crippen molar-refractivity contribution in [2.45, 2.75) is 59.6 Å². The lowest BCUT2D eigenvalue weighted by Crippen LogP contribution is -2.68. The van der Waals surface area contributed by atoms with Crippen molar-refractivity contribution in [2.75, 3.05) is 19.7 Å². The van der Waals surface area contributed by atoms with Crippen LogP contribution in [0.25, 0.3) is 0 Å². The van der Waals surface area contributed by atoms with Crippen LogP contribution in [0.3, 0.4) is 0 Å². The molecule has 0 radical (unpaired) electrons. The zero-order valence-electron chi connectivity index (χ0n) is 15.9. The highest BCUT2D eigenvalue weighted by molar-refractivity contribution is 14.0. The molecule has 3 rings (SSSR count). The Kier molecular flexibility index (Phi) is 7.12. The Balaban J connectivity index is 0.00000225. The molecule has 5 nitrogen and oxygen atoms in total. The molecule has 3 atom stereocenters. The normalized spacial score (nSPS) is 27.2. The second-order valence-corrected chi connectivity index (χ2v) is 8.73. The molecule has 1 saturated heterocycles. The van der Waals surface area contributed by atoms with Crippen molar-refractivity contribution in [3.8, 4) is 0 Å². The van der Waals surface area contributed by atoms with E-state index in [0.717, 1.165) is 49.2 Å². The molecule has 2 heterocycles. The van der Waals surface area contributed by atoms with E-state index in [0.29, 0.717) is 18.1 Å². The number of halogens is 1. The molecule has 0 spiro atoms. The third-order valence-corrected chi connectivity index (χ3v) is 6.48. The van der Waals surface area contributed by atoms with E-state index in [1.807, 2.05) is 0 Å². The second-order valence-electron chi connectivity index (χ2n) is 7.44. The summed E-state index contributed by atoms with van der Waals surface area (Å²) in [6, 6.07) is 0.440. The second kappa shape index (κ2) is 8.52. The van der Waals surface area contributed by atoms with Crippen molar-refractivity contribution in [1.29, 1.82) is 0 Å². The predicted molar refractivity (Wildman–Crippen MR) is 115 cm³/mol. The number of hydrogen-bond donors (Lipinski definition) is 2. The SMILES string of the molecule is CCNC(=NCCc1sc(C)nc1C)NC1C2CCOC2C1(C)C.I. The molecule has 7 heteroatoms. The maximum atomic E-state index is 5.89. The monoisotopic (exact) mass is 478 g/mol. The molecule has 0 bridgehead atoms. The topological polar surface area (TPSA) is 58.5 Å². The van der Waals surface area contributed by atoms with Crippen molar-refractivity contribution in [1.82, 2.24) is 15.6 Å². The average molecular weight is 478 g/mol. The number of aryl methyl sites for hydroxylation is 2. The molecular formula is C18H31IN4OS. The van der Waals surface area contributed by atoms with Gasteiger partial charge in [0.2, 0.25) is 0 Å². The lowest BCUT2D eigenvalue weighted by atomic mass is 9.57. The number of hydrogen-bond acceptors (Lipinski definition) is 4. The van der Waals surface area contributed by atoms with Crippen LogP contribution in [0.4, 0.5) is 0 Å². The molecule has 0 aromatic carbocycles. The van der Waals surface area contributed by atoms with Gasteiger partial charge in [-0.15, -0.1) is 35.3 Å². The molecule has 0 amide bonds. The van der Waals surface area contributed by atoms with Crippen molar-refractivity contribution in [3.05, 3.63) is 15.6 Å². The summed E-state index contributed by atoms with van der Waals surface area (Å²) in [5, 5.41) is 8.20. The van der Waals surface area contributed by atoms with E-state index < -0.39 is 0 Å². The number of rotatable bonds is 5. The molecule has 142 valence electrons. The molecular weight excluding hydrogens is 447 g/mol. The fraction of sp³-hybridized carbons (Fsp3) is 0.778. The summed E-state index contributed by atoms with van der Waals surface area (Å²) in [6.45, 7) is 13.4. The zero-order chi connectivity index (χ0) is 17.3. The highest BCUT2D eigenvalue weighted by Gasteiger charge is 2.59. The summed E-state index contributed by atoms with van der Waals surface area (Å²) in [5.74, 6) is 1.55. The van der Waals surface area contributed by atoms with Gasteiger partial charge in [-0.1, -0.05) is 13.8 Å². The maximum absolute atomic E-state index is 5.89. The van der Waals surface area contributed by atoms with E-state index in [2.05, 4.69) is 50.2 Å². The van der Waals surface area contributed by atoms with Gasteiger partial charge in [0.1, 0.15) is 0 Å². The molecule has 1 aliphatic carbocycles. The van der Waals surface area contributed by atoms with Gasteiger partial charge < -0.3 is 15.4 Å². The Morgan fingerprint density at radius 2 is 2.16 bits per heavy atom. The number of guanidine groups is 1. The Bertz CT molecular complexity index is 616. The first-order valence-corrected chi connectivity index (χ1v) is 9.84. The van der Waals surface area contributed by atoms with Crippen molar-refractivity contribution in [2.24, 2.45) is 16.3 Å². The molecule has 2 fully saturated rings. The lowest BCUT2D eigenvalue weighted by molar-refractivity contribution is -0.106. The Morgan fingerprint density at radius 1 is 1.40 bits per heavy atom. The number of fused-ring (bicyclic) bond motifs is 1. The minimum atomic E-state index is 0. The van der Waals surface area contributed by atoms with Gasteiger partial charge in [-0.25, -0.2) is 4.98 Å². The molecule has 1 aliphatic heterocycles. The van der Waals surface area contributed by atoms with Gasteiger partial charge in [-0.2, -0.15) is 0 Å². The largest absolute Gasteiger partial charge is 0.377 e. The van der Waals surface area contributed by atoms with Gasteiger partial charge in [-0.3, -0.25) is 4.99 Å². The van der Waals surface area contributed by atoms with Crippen molar-refractivity contribution < 1.29 is 4.74 Å². The van der Waals surface area contributed by atoms with Crippen molar-refractivity contribution in [3.63, 3.8) is 0 Å². The highest BCUT2D eigenvalue weighted by atomic mass is 127. The molecule has 1 saturated carbocycles. The first kappa shape index (κ1) is 20.9. The molecule has 1 aromatic rings. The summed E-state index contributed by atoms with van der Waals surface area (Å²) in [5.41, 5.74) is 1.32. The average Bonchev–Trinajstić information content (AvgIpc) is 3.10. The number of thiazole rings is 1. The van der Waals surface area contributed by atoms with E-state index in [1.54, 1.807) is 11.3 Å². The maximum Gasteiger partial charge on any atom is 0.191 e. The highest BCUT2D eigenvalue weighted by Crippen LogP contribution is 2.52. The Hall–Kier alpha value is -0.410. The fourth-order valence-corrected chi connectivity index (χ4v) is 5.09. The standard InChI is InChI=1S/C18H30N4OS.HI/c1-6-19-17(20-9-7-14-11(2)21-12(3)24-14)22-15-13-8-10-23-16(13)18(15,4)5;/h13,15-16H,6-10H2,1-5H3,(H2,19,20,22);1H. The summed E-state index contributed by atoms with van der Waals surface area (Å²) in [7, 11) is 0. The van der Waals surface area contributed by atoms with Crippen LogP contribution < -0.4 is 10.6 Å². The number of ether oxygens (including phenoxy) is 1. The van der Waals surface area contributed by atoms with Gasteiger partial charge in [0, 0.05) is 48.4 Å². The van der Waals surface area contributed by atoms with Gasteiger partial charge in [0.05, 0.1) is 16.8 Å². The predicted octanol–water partition coefficient (Wildman–Crippen LogP) is 3.29. The summed E-state index contributed by atoms with van der Waals surface area (Å²) < 4.78 is 5.89. The summed E-state index contributed by atoms with van der Waals surface area (Å²) in [4.78, 5) is 10.6. The fourth-order valence-electron chi connectivity index (χ4n) is 4.16. The van der Waals surface area contributed by atoms with Gasteiger partial charge in [0.25, 0.3) is 0 Å². The van der Waals surface area contributed by atoms with Gasteiger partial charge in [0.15, 0.2) is 5.96 Å². The van der Waals surface area contributed by atoms with Gasteiger partial charge in [-0.05, 0) is 27.2 Å². The smallest absolute Gasteiger partial charge is 0.191 e. The summed E-state index contributed by atoms with van der Waals surface area (Å²) in [6.07, 6.45) is 2.52. The first-order chi connectivity index (χ1) is 11.4. The van der Waals surface area contributed by atoms with Crippen LogP contribution >= 0.6 is 35.3 Å². The van der Waals surface area contributed by atoms with Crippen LogP contribution in [-0.4, -0.2) is 42.8 Å². The molecule has 2 aliphatic rings. The van der Waals surface area contributed by atoms with Crippen LogP contribution in [0, 0.1) is 25.2 Å². The van der Waals surface area contributed by atoms with E-state index >= 15 is 0 Å².